The Morgan fingerprint density at radius 2 is 1.75 bits per heavy atom. The fraction of sp³-hybridized carbons (Fsp3) is 0.690. The van der Waals surface area contributed by atoms with Gasteiger partial charge in [0.2, 0.25) is 0 Å². The van der Waals surface area contributed by atoms with Gasteiger partial charge in [-0.05, 0) is 61.5 Å². The molecule has 0 saturated heterocycles. The normalized spacial score (nSPS) is 21.8. The Kier molecular flexibility index (Phi) is 11.5. The molecule has 32 heavy (non-hydrogen) atoms. The molecule has 3 heteroatoms. The molecule has 0 amide bonds. The maximum absolute atomic E-state index is 13.1. The maximum Gasteiger partial charge on any atom is 0.163 e. The van der Waals surface area contributed by atoms with Crippen LogP contribution in [0, 0.1) is 24.7 Å². The van der Waals surface area contributed by atoms with Crippen LogP contribution in [0.4, 0.5) is 0 Å². The van der Waals surface area contributed by atoms with Gasteiger partial charge < -0.3 is 0 Å². The van der Waals surface area contributed by atoms with Crippen molar-refractivity contribution in [1.82, 2.24) is 0 Å². The van der Waals surface area contributed by atoms with E-state index in [0.29, 0.717) is 6.42 Å². The van der Waals surface area contributed by atoms with Gasteiger partial charge >= 0.3 is 0 Å². The lowest BCUT2D eigenvalue weighted by molar-refractivity contribution is -0.130. The SMILES string of the molecule is CCC.CCCC(CC1CC(=O)c2c(C)cccc2C1(C)CC)C(CC)C(=O)CC(C)=O. The summed E-state index contributed by atoms with van der Waals surface area (Å²) in [5.74, 6) is 0.632. The van der Waals surface area contributed by atoms with Crippen LogP contribution in [0.5, 0.6) is 0 Å². The summed E-state index contributed by atoms with van der Waals surface area (Å²) in [6, 6.07) is 6.22. The van der Waals surface area contributed by atoms with Gasteiger partial charge in [-0.25, -0.2) is 0 Å². The topological polar surface area (TPSA) is 51.2 Å². The van der Waals surface area contributed by atoms with Crippen LogP contribution in [-0.4, -0.2) is 17.3 Å². The summed E-state index contributed by atoms with van der Waals surface area (Å²) in [7, 11) is 0. The molecule has 1 aliphatic rings. The van der Waals surface area contributed by atoms with E-state index >= 15 is 0 Å². The zero-order valence-electron chi connectivity index (χ0n) is 21.8. The highest BCUT2D eigenvalue weighted by atomic mass is 16.1. The first-order valence-corrected chi connectivity index (χ1v) is 12.8. The molecular weight excluding hydrogens is 396 g/mol. The van der Waals surface area contributed by atoms with Crippen molar-refractivity contribution in [3.05, 3.63) is 34.9 Å². The number of aryl methyl sites for hydroxylation is 1. The van der Waals surface area contributed by atoms with E-state index in [0.717, 1.165) is 43.2 Å². The van der Waals surface area contributed by atoms with E-state index < -0.39 is 0 Å². The molecule has 0 fully saturated rings. The fourth-order valence-corrected chi connectivity index (χ4v) is 5.53. The van der Waals surface area contributed by atoms with Gasteiger partial charge in [0, 0.05) is 17.9 Å². The van der Waals surface area contributed by atoms with Crippen LogP contribution in [0.25, 0.3) is 0 Å². The molecule has 0 heterocycles. The number of hydrogen-bond donors (Lipinski definition) is 0. The molecule has 0 radical (unpaired) electrons. The van der Waals surface area contributed by atoms with Crippen molar-refractivity contribution in [3.63, 3.8) is 0 Å². The van der Waals surface area contributed by atoms with Crippen molar-refractivity contribution in [2.45, 2.75) is 112 Å². The van der Waals surface area contributed by atoms with E-state index in [1.165, 1.54) is 18.9 Å². The zero-order chi connectivity index (χ0) is 24.5. The van der Waals surface area contributed by atoms with Crippen LogP contribution in [-0.2, 0) is 15.0 Å². The van der Waals surface area contributed by atoms with E-state index in [2.05, 4.69) is 53.7 Å². The van der Waals surface area contributed by atoms with Crippen molar-refractivity contribution < 1.29 is 14.4 Å². The Morgan fingerprint density at radius 1 is 1.12 bits per heavy atom. The van der Waals surface area contributed by atoms with E-state index in [1.54, 1.807) is 0 Å². The molecule has 4 unspecified atom stereocenters. The van der Waals surface area contributed by atoms with Crippen LogP contribution < -0.4 is 0 Å². The van der Waals surface area contributed by atoms with Crippen LogP contribution >= 0.6 is 0 Å². The first kappa shape index (κ1) is 28.3. The minimum Gasteiger partial charge on any atom is -0.300 e. The summed E-state index contributed by atoms with van der Waals surface area (Å²) < 4.78 is 0. The molecule has 0 aromatic heterocycles. The fourth-order valence-electron chi connectivity index (χ4n) is 5.53. The summed E-state index contributed by atoms with van der Waals surface area (Å²) in [4.78, 5) is 37.4. The number of ketones is 3. The summed E-state index contributed by atoms with van der Waals surface area (Å²) in [5.41, 5.74) is 3.10. The van der Waals surface area contributed by atoms with E-state index in [1.807, 2.05) is 13.0 Å². The van der Waals surface area contributed by atoms with Crippen LogP contribution in [0.15, 0.2) is 18.2 Å². The second kappa shape index (κ2) is 13.1. The molecule has 1 aromatic carbocycles. The molecule has 4 atom stereocenters. The van der Waals surface area contributed by atoms with Crippen molar-refractivity contribution in [2.24, 2.45) is 17.8 Å². The third kappa shape index (κ3) is 6.62. The summed E-state index contributed by atoms with van der Waals surface area (Å²) in [5, 5.41) is 0. The van der Waals surface area contributed by atoms with Crippen molar-refractivity contribution in [1.29, 1.82) is 0 Å². The molecule has 0 N–H and O–H groups in total. The second-order valence-corrected chi connectivity index (χ2v) is 9.94. The standard InChI is InChI=1S/C26H38O3.C3H8/c1-7-11-19(21(8-2)23(28)14-18(5)27)15-20-16-24(29)25-17(4)12-10-13-22(25)26(20,6)9-3;1-3-2/h10,12-13,19-21H,7-9,11,14-16H2,1-6H3;3H2,1-2H3. The smallest absolute Gasteiger partial charge is 0.163 e. The van der Waals surface area contributed by atoms with Gasteiger partial charge in [0.1, 0.15) is 11.6 Å². The molecule has 180 valence electrons. The monoisotopic (exact) mass is 442 g/mol. The third-order valence-corrected chi connectivity index (χ3v) is 7.33. The van der Waals surface area contributed by atoms with Crippen molar-refractivity contribution >= 4 is 17.3 Å². The number of carbonyl (C=O) groups excluding carboxylic acids is 3. The highest BCUT2D eigenvalue weighted by molar-refractivity contribution is 6.01. The van der Waals surface area contributed by atoms with E-state index in [9.17, 15) is 14.4 Å². The Labute approximate surface area is 196 Å². The van der Waals surface area contributed by atoms with Gasteiger partial charge in [0.25, 0.3) is 0 Å². The van der Waals surface area contributed by atoms with Crippen molar-refractivity contribution in [3.8, 4) is 0 Å². The van der Waals surface area contributed by atoms with Crippen LogP contribution in [0.1, 0.15) is 121 Å². The van der Waals surface area contributed by atoms with Gasteiger partial charge in [-0.15, -0.1) is 0 Å². The van der Waals surface area contributed by atoms with Gasteiger partial charge in [0.05, 0.1) is 6.42 Å². The second-order valence-electron chi connectivity index (χ2n) is 9.94. The first-order chi connectivity index (χ1) is 15.1. The molecule has 0 aliphatic heterocycles. The first-order valence-electron chi connectivity index (χ1n) is 12.8. The third-order valence-electron chi connectivity index (χ3n) is 7.33. The number of fused-ring (bicyclic) bond motifs is 1. The largest absolute Gasteiger partial charge is 0.300 e. The van der Waals surface area contributed by atoms with Gasteiger partial charge in [-0.3, -0.25) is 14.4 Å². The number of rotatable bonds is 10. The summed E-state index contributed by atoms with van der Waals surface area (Å²) in [6.07, 6.45) is 6.42. The predicted octanol–water partition coefficient (Wildman–Crippen LogP) is 7.66. The Hall–Kier alpha value is -1.77. The number of hydrogen-bond acceptors (Lipinski definition) is 3. The molecule has 1 aliphatic carbocycles. The molecule has 0 spiro atoms. The van der Waals surface area contributed by atoms with Gasteiger partial charge in [0.15, 0.2) is 5.78 Å². The number of carbonyl (C=O) groups is 3. The molecular formula is C29H46O3. The molecule has 1 aromatic rings. The molecule has 2 rings (SSSR count). The summed E-state index contributed by atoms with van der Waals surface area (Å²) >= 11 is 0. The lowest BCUT2D eigenvalue weighted by atomic mass is 9.59. The van der Waals surface area contributed by atoms with E-state index in [4.69, 9.17) is 0 Å². The quantitative estimate of drug-likeness (QED) is 0.349. The highest BCUT2D eigenvalue weighted by Crippen LogP contribution is 2.48. The number of Topliss-reactive ketones (excluding diaryl/α,β-unsaturated/α-hetero) is 3. The minimum atomic E-state index is -0.0889. The minimum absolute atomic E-state index is 0.0371. The van der Waals surface area contributed by atoms with Crippen molar-refractivity contribution in [2.75, 3.05) is 0 Å². The Bertz CT molecular complexity index is 779. The molecule has 0 bridgehead atoms. The predicted molar refractivity (Wildman–Crippen MR) is 134 cm³/mol. The molecule has 0 saturated carbocycles. The average Bonchev–Trinajstić information content (AvgIpc) is 2.72. The number of benzene rings is 1. The van der Waals surface area contributed by atoms with Crippen LogP contribution in [0.2, 0.25) is 0 Å². The summed E-state index contributed by atoms with van der Waals surface area (Å²) in [6.45, 7) is 16.5. The van der Waals surface area contributed by atoms with Crippen LogP contribution in [0.3, 0.4) is 0 Å². The van der Waals surface area contributed by atoms with E-state index in [-0.39, 0.29) is 46.9 Å². The average molecular weight is 443 g/mol. The van der Waals surface area contributed by atoms with Gasteiger partial charge in [-0.1, -0.05) is 79.0 Å². The maximum atomic E-state index is 13.1. The molecule has 3 nitrogen and oxygen atoms in total. The lowest BCUT2D eigenvalue weighted by Crippen LogP contribution is -2.41. The Morgan fingerprint density at radius 3 is 2.25 bits per heavy atom. The zero-order valence-corrected chi connectivity index (χ0v) is 21.8. The van der Waals surface area contributed by atoms with Gasteiger partial charge in [-0.2, -0.15) is 0 Å². The Balaban J connectivity index is 0.00000161. The highest BCUT2D eigenvalue weighted by Gasteiger charge is 2.44. The lowest BCUT2D eigenvalue weighted by Gasteiger charge is -2.44.